The summed E-state index contributed by atoms with van der Waals surface area (Å²) in [6, 6.07) is 4.48. The largest absolute Gasteiger partial charge is 0.336 e. The molecule has 2 heterocycles. The fourth-order valence-electron chi connectivity index (χ4n) is 3.53. The van der Waals surface area contributed by atoms with Gasteiger partial charge in [-0.1, -0.05) is 17.7 Å². The summed E-state index contributed by atoms with van der Waals surface area (Å²) in [6.45, 7) is 3.27. The molecule has 142 valence electrons. The van der Waals surface area contributed by atoms with Gasteiger partial charge in [0.1, 0.15) is 5.82 Å². The average Bonchev–Trinajstić information content (AvgIpc) is 3.04. The van der Waals surface area contributed by atoms with Crippen LogP contribution in [0.25, 0.3) is 0 Å². The van der Waals surface area contributed by atoms with Crippen molar-refractivity contribution < 1.29 is 14.0 Å². The zero-order valence-electron chi connectivity index (χ0n) is 14.9. The highest BCUT2D eigenvalue weighted by Gasteiger charge is 2.28. The lowest BCUT2D eigenvalue weighted by atomic mass is 10.1. The van der Waals surface area contributed by atoms with Crippen LogP contribution in [0, 0.1) is 5.82 Å². The van der Waals surface area contributed by atoms with E-state index in [4.69, 9.17) is 11.6 Å². The monoisotopic (exact) mass is 382 g/mol. The SMILES string of the molecule is CN1CCCC1CNC(=O)N1CCN(C(=O)c2c(F)cccc2Cl)CC1. The standard InChI is InChI=1S/C18H24ClFN4O2/c1-22-7-3-4-13(22)12-21-18(26)24-10-8-23(9-11-24)17(25)16-14(19)5-2-6-15(16)20/h2,5-6,13H,3-4,7-12H2,1H3,(H,21,26). The van der Waals surface area contributed by atoms with E-state index in [9.17, 15) is 14.0 Å². The van der Waals surface area contributed by atoms with E-state index in [1.54, 1.807) is 9.80 Å². The molecular weight excluding hydrogens is 359 g/mol. The van der Waals surface area contributed by atoms with Crippen molar-refractivity contribution in [1.29, 1.82) is 0 Å². The maximum Gasteiger partial charge on any atom is 0.317 e. The van der Waals surface area contributed by atoms with Crippen LogP contribution in [0.1, 0.15) is 23.2 Å². The van der Waals surface area contributed by atoms with Crippen LogP contribution >= 0.6 is 11.6 Å². The number of hydrogen-bond donors (Lipinski definition) is 1. The zero-order valence-corrected chi connectivity index (χ0v) is 15.6. The van der Waals surface area contributed by atoms with Gasteiger partial charge in [0.25, 0.3) is 5.91 Å². The molecule has 6 nitrogen and oxygen atoms in total. The van der Waals surface area contributed by atoms with Crippen LogP contribution in [0.2, 0.25) is 5.02 Å². The summed E-state index contributed by atoms with van der Waals surface area (Å²) in [5.74, 6) is -1.05. The number of rotatable bonds is 3. The maximum atomic E-state index is 13.9. The van der Waals surface area contributed by atoms with Crippen LogP contribution in [-0.4, -0.2) is 79.0 Å². The van der Waals surface area contributed by atoms with Gasteiger partial charge in [0.05, 0.1) is 10.6 Å². The molecule has 0 radical (unpaired) electrons. The highest BCUT2D eigenvalue weighted by molar-refractivity contribution is 6.33. The van der Waals surface area contributed by atoms with E-state index in [-0.39, 0.29) is 16.6 Å². The third-order valence-electron chi connectivity index (χ3n) is 5.19. The lowest BCUT2D eigenvalue weighted by Crippen LogP contribution is -2.54. The Bertz CT molecular complexity index is 659. The number of amides is 3. The minimum Gasteiger partial charge on any atom is -0.336 e. The Morgan fingerprint density at radius 3 is 2.50 bits per heavy atom. The van der Waals surface area contributed by atoms with Crippen molar-refractivity contribution in [3.63, 3.8) is 0 Å². The summed E-state index contributed by atoms with van der Waals surface area (Å²) < 4.78 is 13.9. The average molecular weight is 383 g/mol. The second-order valence-electron chi connectivity index (χ2n) is 6.84. The Morgan fingerprint density at radius 1 is 1.19 bits per heavy atom. The summed E-state index contributed by atoms with van der Waals surface area (Å²) in [5.41, 5.74) is -0.101. The highest BCUT2D eigenvalue weighted by atomic mass is 35.5. The first-order valence-electron chi connectivity index (χ1n) is 8.93. The Morgan fingerprint density at radius 2 is 1.88 bits per heavy atom. The minimum absolute atomic E-state index is 0.101. The van der Waals surface area contributed by atoms with Crippen molar-refractivity contribution in [1.82, 2.24) is 20.0 Å². The van der Waals surface area contributed by atoms with Crippen molar-refractivity contribution >= 4 is 23.5 Å². The molecule has 1 aromatic rings. The molecule has 2 aliphatic rings. The first kappa shape index (κ1) is 18.9. The summed E-state index contributed by atoms with van der Waals surface area (Å²) in [5, 5.41) is 3.09. The number of benzene rings is 1. The van der Waals surface area contributed by atoms with Gasteiger partial charge in [0.2, 0.25) is 0 Å². The number of hydrogen-bond acceptors (Lipinski definition) is 3. The number of halogens is 2. The molecule has 1 atom stereocenters. The van der Waals surface area contributed by atoms with Gasteiger partial charge in [-0.15, -0.1) is 0 Å². The number of carbonyl (C=O) groups excluding carboxylic acids is 2. The van der Waals surface area contributed by atoms with E-state index >= 15 is 0 Å². The molecule has 1 aromatic carbocycles. The number of nitrogens with one attached hydrogen (secondary N) is 1. The molecule has 0 spiro atoms. The van der Waals surface area contributed by atoms with E-state index in [0.717, 1.165) is 19.4 Å². The maximum absolute atomic E-state index is 13.9. The Kier molecular flexibility index (Phi) is 5.98. The molecule has 8 heteroatoms. The fraction of sp³-hybridized carbons (Fsp3) is 0.556. The fourth-order valence-corrected chi connectivity index (χ4v) is 3.77. The summed E-state index contributed by atoms with van der Waals surface area (Å²) >= 11 is 5.97. The third kappa shape index (κ3) is 4.10. The Balaban J connectivity index is 1.50. The summed E-state index contributed by atoms with van der Waals surface area (Å²) in [6.07, 6.45) is 2.26. The van der Waals surface area contributed by atoms with Gasteiger partial charge >= 0.3 is 6.03 Å². The molecule has 26 heavy (non-hydrogen) atoms. The number of nitrogens with zero attached hydrogens (tertiary/aromatic N) is 3. The Labute approximate surface area is 157 Å². The Hall–Kier alpha value is -1.86. The van der Waals surface area contributed by atoms with Gasteiger partial charge in [0, 0.05) is 38.8 Å². The van der Waals surface area contributed by atoms with Gasteiger partial charge in [0.15, 0.2) is 0 Å². The predicted molar refractivity (Wildman–Crippen MR) is 97.9 cm³/mol. The first-order valence-corrected chi connectivity index (χ1v) is 9.31. The molecule has 3 amide bonds. The van der Waals surface area contributed by atoms with E-state index in [2.05, 4.69) is 17.3 Å². The second-order valence-corrected chi connectivity index (χ2v) is 7.25. The van der Waals surface area contributed by atoms with Crippen molar-refractivity contribution in [2.24, 2.45) is 0 Å². The third-order valence-corrected chi connectivity index (χ3v) is 5.51. The molecule has 0 aliphatic carbocycles. The molecule has 1 N–H and O–H groups in total. The summed E-state index contributed by atoms with van der Waals surface area (Å²) in [7, 11) is 2.07. The van der Waals surface area contributed by atoms with Gasteiger partial charge < -0.3 is 20.0 Å². The van der Waals surface area contributed by atoms with E-state index < -0.39 is 11.7 Å². The molecule has 1 unspecified atom stereocenters. The normalized spacial score (nSPS) is 21.1. The van der Waals surface area contributed by atoms with Crippen molar-refractivity contribution in [3.05, 3.63) is 34.6 Å². The molecule has 0 aromatic heterocycles. The van der Waals surface area contributed by atoms with Crippen LogP contribution in [0.5, 0.6) is 0 Å². The van der Waals surface area contributed by atoms with Crippen LogP contribution in [-0.2, 0) is 0 Å². The lowest BCUT2D eigenvalue weighted by molar-refractivity contribution is 0.0660. The van der Waals surface area contributed by atoms with E-state index in [1.807, 2.05) is 0 Å². The van der Waals surface area contributed by atoms with Crippen LogP contribution in [0.15, 0.2) is 18.2 Å². The van der Waals surface area contributed by atoms with Gasteiger partial charge in [-0.05, 0) is 38.6 Å². The lowest BCUT2D eigenvalue weighted by Gasteiger charge is -2.35. The number of likely N-dealkylation sites (N-methyl/N-ethyl adjacent to an activating group) is 1. The second kappa shape index (κ2) is 8.22. The van der Waals surface area contributed by atoms with Crippen molar-refractivity contribution in [2.75, 3.05) is 46.3 Å². The summed E-state index contributed by atoms with van der Waals surface area (Å²) in [4.78, 5) is 30.4. The van der Waals surface area contributed by atoms with Crippen LogP contribution in [0.3, 0.4) is 0 Å². The van der Waals surface area contributed by atoms with E-state index in [1.165, 1.54) is 18.2 Å². The number of urea groups is 1. The van der Waals surface area contributed by atoms with Gasteiger partial charge in [-0.25, -0.2) is 9.18 Å². The highest BCUT2D eigenvalue weighted by Crippen LogP contribution is 2.21. The predicted octanol–water partition coefficient (Wildman–Crippen LogP) is 2.04. The molecular formula is C18H24ClFN4O2. The van der Waals surface area contributed by atoms with Crippen LogP contribution in [0.4, 0.5) is 9.18 Å². The topological polar surface area (TPSA) is 55.9 Å². The number of piperazine rings is 1. The van der Waals surface area contributed by atoms with Crippen molar-refractivity contribution in [2.45, 2.75) is 18.9 Å². The zero-order chi connectivity index (χ0) is 18.7. The van der Waals surface area contributed by atoms with Crippen molar-refractivity contribution in [3.8, 4) is 0 Å². The molecule has 2 fully saturated rings. The quantitative estimate of drug-likeness (QED) is 0.870. The van der Waals surface area contributed by atoms with E-state index in [0.29, 0.717) is 38.8 Å². The molecule has 0 bridgehead atoms. The van der Waals surface area contributed by atoms with Crippen LogP contribution < -0.4 is 5.32 Å². The molecule has 3 rings (SSSR count). The molecule has 2 saturated heterocycles. The molecule has 0 saturated carbocycles. The first-order chi connectivity index (χ1) is 12.5. The number of carbonyl (C=O) groups is 2. The minimum atomic E-state index is -0.622. The molecule has 2 aliphatic heterocycles. The number of likely N-dealkylation sites (tertiary alicyclic amines) is 1. The smallest absolute Gasteiger partial charge is 0.317 e. The van der Waals surface area contributed by atoms with Gasteiger partial charge in [-0.2, -0.15) is 0 Å². The van der Waals surface area contributed by atoms with Gasteiger partial charge in [-0.3, -0.25) is 4.79 Å².